The van der Waals surface area contributed by atoms with Gasteiger partial charge in [-0.3, -0.25) is 0 Å². The summed E-state index contributed by atoms with van der Waals surface area (Å²) in [4.78, 5) is 0. The fraction of sp³-hybridized carbons (Fsp3) is 0.600. The zero-order valence-corrected chi connectivity index (χ0v) is 11.2. The molecule has 1 fully saturated rings. The van der Waals surface area contributed by atoms with Crippen molar-refractivity contribution in [3.63, 3.8) is 0 Å². The van der Waals surface area contributed by atoms with Crippen LogP contribution in [-0.4, -0.2) is 13.7 Å². The molecule has 1 aliphatic rings. The van der Waals surface area contributed by atoms with Crippen LogP contribution >= 0.6 is 0 Å². The van der Waals surface area contributed by atoms with Crippen LogP contribution in [0.4, 0.5) is 5.69 Å². The minimum atomic E-state index is 0.907. The third-order valence-corrected chi connectivity index (χ3v) is 2.55. The van der Waals surface area contributed by atoms with E-state index in [1.165, 1.54) is 44.2 Å². The second-order valence-corrected chi connectivity index (χ2v) is 4.42. The summed E-state index contributed by atoms with van der Waals surface area (Å²) in [7, 11) is 1.68. The third kappa shape index (κ3) is 7.67. The van der Waals surface area contributed by atoms with Gasteiger partial charge in [0.15, 0.2) is 0 Å². The molecule has 1 aromatic rings. The Morgan fingerprint density at radius 1 is 1.06 bits per heavy atom. The SMILES string of the molecule is C1CC1.CCCCCNc1ccc(OC)cc1. The molecule has 1 N–H and O–H groups in total. The number of hydrogen-bond donors (Lipinski definition) is 1. The van der Waals surface area contributed by atoms with Crippen molar-refractivity contribution in [1.82, 2.24) is 0 Å². The van der Waals surface area contributed by atoms with E-state index < -0.39 is 0 Å². The molecule has 2 rings (SSSR count). The van der Waals surface area contributed by atoms with Gasteiger partial charge in [-0.2, -0.15) is 0 Å². The maximum Gasteiger partial charge on any atom is 0.119 e. The fourth-order valence-corrected chi connectivity index (χ4v) is 1.32. The molecule has 1 saturated carbocycles. The molecular weight excluding hydrogens is 210 g/mol. The molecule has 1 aromatic carbocycles. The van der Waals surface area contributed by atoms with Gasteiger partial charge in [-0.15, -0.1) is 0 Å². The molecule has 0 aromatic heterocycles. The van der Waals surface area contributed by atoms with E-state index in [1.807, 2.05) is 24.3 Å². The Morgan fingerprint density at radius 2 is 1.71 bits per heavy atom. The first-order valence-electron chi connectivity index (χ1n) is 6.74. The standard InChI is InChI=1S/C12H19NO.C3H6/c1-3-4-5-10-13-11-6-8-12(14-2)9-7-11;1-2-3-1/h6-9,13H,3-5,10H2,1-2H3;1-3H2. The molecule has 96 valence electrons. The largest absolute Gasteiger partial charge is 0.497 e. The smallest absolute Gasteiger partial charge is 0.119 e. The van der Waals surface area contributed by atoms with Crippen molar-refractivity contribution in [2.75, 3.05) is 19.0 Å². The second kappa shape index (κ2) is 8.91. The molecule has 0 radical (unpaired) electrons. The lowest BCUT2D eigenvalue weighted by Crippen LogP contribution is -2.00. The van der Waals surface area contributed by atoms with Gasteiger partial charge in [0.25, 0.3) is 0 Å². The van der Waals surface area contributed by atoms with Crippen LogP contribution in [0.5, 0.6) is 5.75 Å². The molecule has 0 saturated heterocycles. The summed E-state index contributed by atoms with van der Waals surface area (Å²) in [5, 5.41) is 3.38. The summed E-state index contributed by atoms with van der Waals surface area (Å²) in [5.74, 6) is 0.907. The van der Waals surface area contributed by atoms with Crippen LogP contribution in [0.25, 0.3) is 0 Å². The van der Waals surface area contributed by atoms with Crippen LogP contribution in [-0.2, 0) is 0 Å². The van der Waals surface area contributed by atoms with Gasteiger partial charge in [0.1, 0.15) is 5.75 Å². The molecule has 0 spiro atoms. The molecule has 0 aliphatic heterocycles. The summed E-state index contributed by atoms with van der Waals surface area (Å²) in [6.07, 6.45) is 8.30. The molecule has 0 atom stereocenters. The van der Waals surface area contributed by atoms with Crippen LogP contribution in [0.3, 0.4) is 0 Å². The molecule has 0 bridgehead atoms. The van der Waals surface area contributed by atoms with E-state index in [1.54, 1.807) is 7.11 Å². The highest BCUT2D eigenvalue weighted by Crippen LogP contribution is 2.15. The van der Waals surface area contributed by atoms with Gasteiger partial charge < -0.3 is 10.1 Å². The Balaban J connectivity index is 0.000000415. The quantitative estimate of drug-likeness (QED) is 0.735. The van der Waals surface area contributed by atoms with E-state index in [2.05, 4.69) is 12.2 Å². The zero-order chi connectivity index (χ0) is 12.3. The minimum Gasteiger partial charge on any atom is -0.497 e. The maximum absolute atomic E-state index is 5.08. The number of nitrogens with one attached hydrogen (secondary N) is 1. The molecular formula is C15H25NO. The normalized spacial score (nSPS) is 12.4. The van der Waals surface area contributed by atoms with Crippen LogP contribution < -0.4 is 10.1 Å². The van der Waals surface area contributed by atoms with E-state index in [4.69, 9.17) is 4.74 Å². The van der Waals surface area contributed by atoms with Gasteiger partial charge in [-0.1, -0.05) is 39.0 Å². The van der Waals surface area contributed by atoms with Gasteiger partial charge in [0, 0.05) is 12.2 Å². The Hall–Kier alpha value is -1.18. The first-order valence-corrected chi connectivity index (χ1v) is 6.74. The van der Waals surface area contributed by atoms with Crippen molar-refractivity contribution in [2.45, 2.75) is 45.4 Å². The van der Waals surface area contributed by atoms with E-state index in [0.717, 1.165) is 12.3 Å². The number of unbranched alkanes of at least 4 members (excludes halogenated alkanes) is 2. The number of anilines is 1. The molecule has 0 heterocycles. The Labute approximate surface area is 105 Å². The highest BCUT2D eigenvalue weighted by molar-refractivity contribution is 5.46. The van der Waals surface area contributed by atoms with Crippen LogP contribution in [0.1, 0.15) is 45.4 Å². The highest BCUT2D eigenvalue weighted by Gasteiger charge is 1.95. The summed E-state index contributed by atoms with van der Waals surface area (Å²) in [6.45, 7) is 3.27. The predicted molar refractivity (Wildman–Crippen MR) is 74.9 cm³/mol. The van der Waals surface area contributed by atoms with Crippen molar-refractivity contribution in [2.24, 2.45) is 0 Å². The Bertz CT molecular complexity index is 277. The van der Waals surface area contributed by atoms with E-state index in [-0.39, 0.29) is 0 Å². The predicted octanol–water partition coefficient (Wildman–Crippen LogP) is 4.47. The summed E-state index contributed by atoms with van der Waals surface area (Å²) in [6, 6.07) is 8.04. The van der Waals surface area contributed by atoms with Gasteiger partial charge in [-0.25, -0.2) is 0 Å². The number of rotatable bonds is 6. The maximum atomic E-state index is 5.08. The molecule has 1 aliphatic carbocycles. The highest BCUT2D eigenvalue weighted by atomic mass is 16.5. The Kier molecular flexibility index (Phi) is 7.28. The zero-order valence-electron chi connectivity index (χ0n) is 11.2. The van der Waals surface area contributed by atoms with Crippen molar-refractivity contribution in [3.05, 3.63) is 24.3 Å². The van der Waals surface area contributed by atoms with Gasteiger partial charge in [-0.05, 0) is 30.7 Å². The lowest BCUT2D eigenvalue weighted by atomic mass is 10.2. The monoisotopic (exact) mass is 235 g/mol. The second-order valence-electron chi connectivity index (χ2n) is 4.42. The summed E-state index contributed by atoms with van der Waals surface area (Å²) in [5.41, 5.74) is 1.17. The number of benzene rings is 1. The van der Waals surface area contributed by atoms with E-state index in [9.17, 15) is 0 Å². The van der Waals surface area contributed by atoms with Crippen molar-refractivity contribution in [1.29, 1.82) is 0 Å². The van der Waals surface area contributed by atoms with Crippen LogP contribution in [0, 0.1) is 0 Å². The first kappa shape index (κ1) is 13.9. The van der Waals surface area contributed by atoms with Gasteiger partial charge in [0.2, 0.25) is 0 Å². The van der Waals surface area contributed by atoms with Crippen molar-refractivity contribution < 1.29 is 4.74 Å². The van der Waals surface area contributed by atoms with Crippen molar-refractivity contribution >= 4 is 5.69 Å². The molecule has 0 unspecified atom stereocenters. The molecule has 17 heavy (non-hydrogen) atoms. The average molecular weight is 235 g/mol. The third-order valence-electron chi connectivity index (χ3n) is 2.55. The molecule has 2 nitrogen and oxygen atoms in total. The van der Waals surface area contributed by atoms with Gasteiger partial charge >= 0.3 is 0 Å². The first-order chi connectivity index (χ1) is 8.36. The topological polar surface area (TPSA) is 21.3 Å². The fourth-order valence-electron chi connectivity index (χ4n) is 1.32. The van der Waals surface area contributed by atoms with E-state index >= 15 is 0 Å². The van der Waals surface area contributed by atoms with Crippen molar-refractivity contribution in [3.8, 4) is 5.75 Å². The molecule has 2 heteroatoms. The average Bonchev–Trinajstić information content (AvgIpc) is 3.23. The lowest BCUT2D eigenvalue weighted by molar-refractivity contribution is 0.415. The molecule has 0 amide bonds. The van der Waals surface area contributed by atoms with Crippen LogP contribution in [0.2, 0.25) is 0 Å². The number of methoxy groups -OCH3 is 1. The Morgan fingerprint density at radius 3 is 2.18 bits per heavy atom. The lowest BCUT2D eigenvalue weighted by Gasteiger charge is -2.06. The van der Waals surface area contributed by atoms with Crippen LogP contribution in [0.15, 0.2) is 24.3 Å². The summed E-state index contributed by atoms with van der Waals surface area (Å²) >= 11 is 0. The number of hydrogen-bond acceptors (Lipinski definition) is 2. The number of ether oxygens (including phenoxy) is 1. The van der Waals surface area contributed by atoms with Gasteiger partial charge in [0.05, 0.1) is 7.11 Å². The summed E-state index contributed by atoms with van der Waals surface area (Å²) < 4.78 is 5.08. The van der Waals surface area contributed by atoms with E-state index in [0.29, 0.717) is 0 Å². The minimum absolute atomic E-state index is 0.907.